The van der Waals surface area contributed by atoms with Crippen LogP contribution in [0.5, 0.6) is 0 Å². The SMILES string of the molecule is Cc1ccc(-c2nc3ccncc3[nH]2)cc1C. The Morgan fingerprint density at radius 2 is 1.94 bits per heavy atom. The van der Waals surface area contributed by atoms with E-state index in [0.717, 1.165) is 22.4 Å². The van der Waals surface area contributed by atoms with E-state index in [0.29, 0.717) is 0 Å². The van der Waals surface area contributed by atoms with Crippen molar-refractivity contribution in [1.29, 1.82) is 0 Å². The molecule has 0 atom stereocenters. The molecule has 3 nitrogen and oxygen atoms in total. The van der Waals surface area contributed by atoms with Gasteiger partial charge in [-0.25, -0.2) is 4.98 Å². The Morgan fingerprint density at radius 3 is 2.71 bits per heavy atom. The molecule has 3 heteroatoms. The van der Waals surface area contributed by atoms with Gasteiger partial charge in [0.25, 0.3) is 0 Å². The second-order valence-electron chi connectivity index (χ2n) is 4.28. The first-order valence-electron chi connectivity index (χ1n) is 5.61. The van der Waals surface area contributed by atoms with Crippen LogP contribution in [0.25, 0.3) is 22.4 Å². The van der Waals surface area contributed by atoms with E-state index in [-0.39, 0.29) is 0 Å². The van der Waals surface area contributed by atoms with E-state index in [1.165, 1.54) is 11.1 Å². The van der Waals surface area contributed by atoms with Crippen molar-refractivity contribution in [3.63, 3.8) is 0 Å². The van der Waals surface area contributed by atoms with Crippen molar-refractivity contribution >= 4 is 11.0 Å². The fraction of sp³-hybridized carbons (Fsp3) is 0.143. The Labute approximate surface area is 99.5 Å². The standard InChI is InChI=1S/C14H13N3/c1-9-3-4-11(7-10(9)2)14-16-12-5-6-15-8-13(12)17-14/h3-8H,1-2H3,(H,16,17). The molecule has 0 unspecified atom stereocenters. The van der Waals surface area contributed by atoms with Gasteiger partial charge >= 0.3 is 0 Å². The molecule has 0 spiro atoms. The van der Waals surface area contributed by atoms with Gasteiger partial charge in [0, 0.05) is 11.8 Å². The van der Waals surface area contributed by atoms with E-state index < -0.39 is 0 Å². The van der Waals surface area contributed by atoms with Gasteiger partial charge in [0.2, 0.25) is 0 Å². The zero-order chi connectivity index (χ0) is 11.8. The molecule has 0 amide bonds. The van der Waals surface area contributed by atoms with Gasteiger partial charge < -0.3 is 4.98 Å². The number of aromatic nitrogens is 3. The maximum absolute atomic E-state index is 4.56. The minimum atomic E-state index is 0.899. The highest BCUT2D eigenvalue weighted by atomic mass is 14.9. The van der Waals surface area contributed by atoms with E-state index in [1.807, 2.05) is 6.07 Å². The van der Waals surface area contributed by atoms with E-state index in [4.69, 9.17) is 0 Å². The van der Waals surface area contributed by atoms with E-state index in [9.17, 15) is 0 Å². The van der Waals surface area contributed by atoms with E-state index in [1.54, 1.807) is 12.4 Å². The lowest BCUT2D eigenvalue weighted by Crippen LogP contribution is -1.84. The average Bonchev–Trinajstić information content (AvgIpc) is 2.76. The number of aryl methyl sites for hydroxylation is 2. The molecule has 0 aliphatic carbocycles. The normalized spacial score (nSPS) is 10.9. The largest absolute Gasteiger partial charge is 0.337 e. The molecule has 84 valence electrons. The van der Waals surface area contributed by atoms with Crippen LogP contribution in [0.3, 0.4) is 0 Å². The minimum Gasteiger partial charge on any atom is -0.337 e. The summed E-state index contributed by atoms with van der Waals surface area (Å²) >= 11 is 0. The van der Waals surface area contributed by atoms with Gasteiger partial charge in [-0.2, -0.15) is 0 Å². The third-order valence-corrected chi connectivity index (χ3v) is 3.06. The van der Waals surface area contributed by atoms with Gasteiger partial charge in [0.05, 0.1) is 17.2 Å². The van der Waals surface area contributed by atoms with Crippen molar-refractivity contribution in [3.05, 3.63) is 47.8 Å². The summed E-state index contributed by atoms with van der Waals surface area (Å²) in [6.45, 7) is 4.23. The predicted octanol–water partition coefficient (Wildman–Crippen LogP) is 3.24. The molecule has 3 aromatic rings. The molecule has 2 heterocycles. The second-order valence-corrected chi connectivity index (χ2v) is 4.28. The number of benzene rings is 1. The van der Waals surface area contributed by atoms with Crippen molar-refractivity contribution in [2.75, 3.05) is 0 Å². The fourth-order valence-electron chi connectivity index (χ4n) is 1.88. The van der Waals surface area contributed by atoms with Crippen LogP contribution in [0.15, 0.2) is 36.7 Å². The third-order valence-electron chi connectivity index (χ3n) is 3.06. The maximum Gasteiger partial charge on any atom is 0.138 e. The number of aromatic amines is 1. The smallest absolute Gasteiger partial charge is 0.138 e. The summed E-state index contributed by atoms with van der Waals surface area (Å²) in [4.78, 5) is 11.9. The lowest BCUT2D eigenvalue weighted by Gasteiger charge is -2.01. The highest BCUT2D eigenvalue weighted by Gasteiger charge is 2.05. The van der Waals surface area contributed by atoms with Crippen LogP contribution in [0.2, 0.25) is 0 Å². The van der Waals surface area contributed by atoms with Crippen LogP contribution in [0, 0.1) is 13.8 Å². The monoisotopic (exact) mass is 223 g/mol. The molecule has 17 heavy (non-hydrogen) atoms. The summed E-state index contributed by atoms with van der Waals surface area (Å²) in [5, 5.41) is 0. The van der Waals surface area contributed by atoms with Crippen LogP contribution in [-0.4, -0.2) is 15.0 Å². The molecular weight excluding hydrogens is 210 g/mol. The number of nitrogens with one attached hydrogen (secondary N) is 1. The summed E-state index contributed by atoms with van der Waals surface area (Å²) in [6, 6.07) is 8.28. The number of hydrogen-bond acceptors (Lipinski definition) is 2. The highest BCUT2D eigenvalue weighted by Crippen LogP contribution is 2.21. The van der Waals surface area contributed by atoms with Crippen molar-refractivity contribution in [3.8, 4) is 11.4 Å². The molecule has 1 aromatic carbocycles. The number of nitrogens with zero attached hydrogens (tertiary/aromatic N) is 2. The molecule has 0 radical (unpaired) electrons. The van der Waals surface area contributed by atoms with Crippen molar-refractivity contribution in [2.24, 2.45) is 0 Å². The Kier molecular flexibility index (Phi) is 2.18. The first kappa shape index (κ1) is 10.0. The lowest BCUT2D eigenvalue weighted by atomic mass is 10.1. The van der Waals surface area contributed by atoms with Gasteiger partial charge in [-0.05, 0) is 37.1 Å². The molecule has 1 N–H and O–H groups in total. The van der Waals surface area contributed by atoms with Crippen LogP contribution in [-0.2, 0) is 0 Å². The topological polar surface area (TPSA) is 41.6 Å². The van der Waals surface area contributed by atoms with Gasteiger partial charge in [-0.3, -0.25) is 4.98 Å². The number of pyridine rings is 1. The van der Waals surface area contributed by atoms with Gasteiger partial charge in [-0.15, -0.1) is 0 Å². The van der Waals surface area contributed by atoms with E-state index >= 15 is 0 Å². The number of hydrogen-bond donors (Lipinski definition) is 1. The first-order valence-corrected chi connectivity index (χ1v) is 5.61. The van der Waals surface area contributed by atoms with Crippen LogP contribution < -0.4 is 0 Å². The third kappa shape index (κ3) is 1.69. The summed E-state index contributed by atoms with van der Waals surface area (Å²) in [6.07, 6.45) is 3.56. The summed E-state index contributed by atoms with van der Waals surface area (Å²) in [5.41, 5.74) is 5.62. The maximum atomic E-state index is 4.56. The van der Waals surface area contributed by atoms with Gasteiger partial charge in [0.15, 0.2) is 0 Å². The first-order chi connectivity index (χ1) is 8.24. The van der Waals surface area contributed by atoms with Crippen LogP contribution >= 0.6 is 0 Å². The Balaban J connectivity index is 2.17. The zero-order valence-electron chi connectivity index (χ0n) is 9.86. The lowest BCUT2D eigenvalue weighted by molar-refractivity contribution is 1.29. The van der Waals surface area contributed by atoms with Crippen LogP contribution in [0.4, 0.5) is 0 Å². The fourth-order valence-corrected chi connectivity index (χ4v) is 1.88. The van der Waals surface area contributed by atoms with Crippen molar-refractivity contribution in [1.82, 2.24) is 15.0 Å². The number of fused-ring (bicyclic) bond motifs is 1. The quantitative estimate of drug-likeness (QED) is 0.688. The average molecular weight is 223 g/mol. The molecule has 3 rings (SSSR count). The molecular formula is C14H13N3. The molecule has 0 saturated heterocycles. The Hall–Kier alpha value is -2.16. The Morgan fingerprint density at radius 1 is 1.06 bits per heavy atom. The number of imidazole rings is 1. The molecule has 0 aliphatic rings. The van der Waals surface area contributed by atoms with Gasteiger partial charge in [0.1, 0.15) is 5.82 Å². The molecule has 0 aliphatic heterocycles. The van der Waals surface area contributed by atoms with Gasteiger partial charge in [-0.1, -0.05) is 12.1 Å². The summed E-state index contributed by atoms with van der Waals surface area (Å²) < 4.78 is 0. The van der Waals surface area contributed by atoms with Crippen LogP contribution in [0.1, 0.15) is 11.1 Å². The molecule has 0 bridgehead atoms. The van der Waals surface area contributed by atoms with Crippen molar-refractivity contribution in [2.45, 2.75) is 13.8 Å². The summed E-state index contributed by atoms with van der Waals surface area (Å²) in [7, 11) is 0. The highest BCUT2D eigenvalue weighted by molar-refractivity contribution is 5.78. The molecule has 0 fully saturated rings. The zero-order valence-corrected chi connectivity index (χ0v) is 9.86. The molecule has 2 aromatic heterocycles. The number of rotatable bonds is 1. The Bertz CT molecular complexity index is 650. The molecule has 0 saturated carbocycles. The number of H-pyrrole nitrogens is 1. The van der Waals surface area contributed by atoms with Crippen molar-refractivity contribution < 1.29 is 0 Å². The predicted molar refractivity (Wildman–Crippen MR) is 68.8 cm³/mol. The summed E-state index contributed by atoms with van der Waals surface area (Å²) in [5.74, 6) is 0.899. The second kappa shape index (κ2) is 3.70. The minimum absolute atomic E-state index is 0.899. The van der Waals surface area contributed by atoms with E-state index in [2.05, 4.69) is 47.0 Å².